The van der Waals surface area contributed by atoms with Gasteiger partial charge < -0.3 is 8.84 Å². The minimum Gasteiger partial charge on any atom is -0.466 e. The molecule has 0 aromatic rings. The number of halogens is 1. The highest BCUT2D eigenvalue weighted by Gasteiger charge is 2.25. The van der Waals surface area contributed by atoms with Crippen molar-refractivity contribution in [2.45, 2.75) is 26.1 Å². The lowest BCUT2D eigenvalue weighted by molar-refractivity contribution is -0.140. The van der Waals surface area contributed by atoms with E-state index in [9.17, 15) is 8.90 Å². The first-order chi connectivity index (χ1) is 4.45. The number of hydrogen-bond acceptors (Lipinski definition) is 2. The van der Waals surface area contributed by atoms with Crippen molar-refractivity contribution in [1.29, 1.82) is 0 Å². The smallest absolute Gasteiger partial charge is 0.305 e. The van der Waals surface area contributed by atoms with E-state index in [1.54, 1.807) is 6.92 Å². The molecule has 10 heavy (non-hydrogen) atoms. The third-order valence-corrected chi connectivity index (χ3v) is 2.00. The molecule has 60 valence electrons. The van der Waals surface area contributed by atoms with Gasteiger partial charge in [0.2, 0.25) is 0 Å². The number of hydrogen-bond donors (Lipinski definition) is 0. The van der Waals surface area contributed by atoms with Crippen molar-refractivity contribution in [3.63, 3.8) is 0 Å². The predicted molar refractivity (Wildman–Crippen MR) is 40.0 cm³/mol. The van der Waals surface area contributed by atoms with Gasteiger partial charge in [0.1, 0.15) is 0 Å². The van der Waals surface area contributed by atoms with E-state index < -0.39 is 14.4 Å². The zero-order chi connectivity index (χ0) is 8.20. The van der Waals surface area contributed by atoms with Crippen LogP contribution in [-0.2, 0) is 9.53 Å². The number of ether oxygens (including phenoxy) is 1. The lowest BCUT2D eigenvalue weighted by Gasteiger charge is -2.08. The Kier molecular flexibility index (Phi) is 3.56. The molecule has 0 radical (unpaired) electrons. The topological polar surface area (TPSA) is 26.3 Å². The zero-order valence-electron chi connectivity index (χ0n) is 6.61. The highest BCUT2D eigenvalue weighted by Crippen LogP contribution is 2.10. The monoisotopic (exact) mass is 164 g/mol. The molecular formula is C6H13FO2Si. The van der Waals surface area contributed by atoms with E-state index in [0.29, 0.717) is 6.61 Å². The molecule has 0 fully saturated rings. The van der Waals surface area contributed by atoms with Gasteiger partial charge in [-0.3, -0.25) is 4.79 Å². The maximum absolute atomic E-state index is 12.8. The predicted octanol–water partition coefficient (Wildman–Crippen LogP) is 1.72. The van der Waals surface area contributed by atoms with Crippen LogP contribution < -0.4 is 0 Å². The Balaban J connectivity index is 3.58. The normalized spacial score (nSPS) is 11.2. The lowest BCUT2D eigenvalue weighted by atomic mass is 10.8. The second kappa shape index (κ2) is 3.70. The zero-order valence-corrected chi connectivity index (χ0v) is 7.61. The van der Waals surface area contributed by atoms with Crippen LogP contribution in [0.4, 0.5) is 4.11 Å². The molecule has 0 aromatic carbocycles. The van der Waals surface area contributed by atoms with Crippen molar-refractivity contribution in [1.82, 2.24) is 0 Å². The first-order valence-corrected chi connectivity index (χ1v) is 6.39. The number of esters is 1. The summed E-state index contributed by atoms with van der Waals surface area (Å²) in [6.07, 6.45) is 0. The quantitative estimate of drug-likeness (QED) is 0.361. The summed E-state index contributed by atoms with van der Waals surface area (Å²) < 4.78 is 17.4. The van der Waals surface area contributed by atoms with Crippen molar-refractivity contribution in [3.05, 3.63) is 0 Å². The van der Waals surface area contributed by atoms with E-state index in [1.165, 1.54) is 13.1 Å². The molecule has 0 aliphatic heterocycles. The standard InChI is InChI=1S/C6H13FO2Si/c1-4-9-6(8)5-10(2,3)7/h4-5H2,1-3H3. The van der Waals surface area contributed by atoms with E-state index in [4.69, 9.17) is 0 Å². The fraction of sp³-hybridized carbons (Fsp3) is 0.833. The van der Waals surface area contributed by atoms with Crippen LogP contribution in [0.1, 0.15) is 6.92 Å². The van der Waals surface area contributed by atoms with E-state index in [1.807, 2.05) is 0 Å². The van der Waals surface area contributed by atoms with Gasteiger partial charge in [0.25, 0.3) is 8.41 Å². The Morgan fingerprint density at radius 1 is 1.60 bits per heavy atom. The Bertz CT molecular complexity index is 119. The summed E-state index contributed by atoms with van der Waals surface area (Å²) >= 11 is 0. The summed E-state index contributed by atoms with van der Waals surface area (Å²) in [5.74, 6) is -0.415. The molecule has 2 nitrogen and oxygen atoms in total. The first-order valence-electron chi connectivity index (χ1n) is 3.30. The fourth-order valence-corrected chi connectivity index (χ4v) is 1.34. The van der Waals surface area contributed by atoms with Gasteiger partial charge >= 0.3 is 5.97 Å². The molecule has 0 N–H and O–H groups in total. The minimum atomic E-state index is -2.73. The van der Waals surface area contributed by atoms with Gasteiger partial charge in [-0.1, -0.05) is 0 Å². The average Bonchev–Trinajstić information content (AvgIpc) is 1.59. The molecule has 0 spiro atoms. The Morgan fingerprint density at radius 2 is 2.10 bits per heavy atom. The maximum atomic E-state index is 12.8. The average molecular weight is 164 g/mol. The van der Waals surface area contributed by atoms with Crippen molar-refractivity contribution < 1.29 is 13.6 Å². The van der Waals surface area contributed by atoms with Crippen LogP contribution in [0.5, 0.6) is 0 Å². The molecule has 0 saturated carbocycles. The summed E-state index contributed by atoms with van der Waals surface area (Å²) in [7, 11) is -2.73. The minimum absolute atomic E-state index is 0.0269. The van der Waals surface area contributed by atoms with Gasteiger partial charge in [-0.2, -0.15) is 0 Å². The molecule has 0 unspecified atom stereocenters. The largest absolute Gasteiger partial charge is 0.466 e. The summed E-state index contributed by atoms with van der Waals surface area (Å²) in [6.45, 7) is 5.03. The molecule has 0 aliphatic carbocycles. The van der Waals surface area contributed by atoms with Crippen molar-refractivity contribution >= 4 is 14.4 Å². The van der Waals surface area contributed by atoms with Crippen molar-refractivity contribution in [2.24, 2.45) is 0 Å². The molecule has 4 heteroatoms. The molecule has 0 aromatic heterocycles. The van der Waals surface area contributed by atoms with E-state index >= 15 is 0 Å². The molecule has 0 bridgehead atoms. The molecule has 0 saturated heterocycles. The van der Waals surface area contributed by atoms with Gasteiger partial charge in [-0.15, -0.1) is 0 Å². The van der Waals surface area contributed by atoms with Crippen LogP contribution >= 0.6 is 0 Å². The van der Waals surface area contributed by atoms with Gasteiger partial charge in [-0.25, -0.2) is 0 Å². The van der Waals surface area contributed by atoms with Gasteiger partial charge in [0.15, 0.2) is 0 Å². The number of carbonyl (C=O) groups excluding carboxylic acids is 1. The van der Waals surface area contributed by atoms with Crippen molar-refractivity contribution in [3.8, 4) is 0 Å². The van der Waals surface area contributed by atoms with E-state index in [0.717, 1.165) is 0 Å². The molecule has 0 atom stereocenters. The Hall–Kier alpha value is -0.383. The Morgan fingerprint density at radius 3 is 2.40 bits per heavy atom. The Labute approximate surface area is 61.6 Å². The molecular weight excluding hydrogens is 151 g/mol. The van der Waals surface area contributed by atoms with Crippen LogP contribution in [0.15, 0.2) is 0 Å². The summed E-state index contributed by atoms with van der Waals surface area (Å²) in [5.41, 5.74) is 0. The highest BCUT2D eigenvalue weighted by atomic mass is 28.4. The van der Waals surface area contributed by atoms with Crippen LogP contribution in [0.2, 0.25) is 19.1 Å². The number of rotatable bonds is 3. The van der Waals surface area contributed by atoms with Crippen LogP contribution in [0.3, 0.4) is 0 Å². The van der Waals surface area contributed by atoms with E-state index in [2.05, 4.69) is 4.74 Å². The second-order valence-corrected chi connectivity index (χ2v) is 6.49. The third kappa shape index (κ3) is 5.75. The van der Waals surface area contributed by atoms with Crippen LogP contribution in [0, 0.1) is 0 Å². The summed E-state index contributed by atoms with van der Waals surface area (Å²) in [6, 6.07) is -0.0269. The first kappa shape index (κ1) is 9.62. The fourth-order valence-electron chi connectivity index (χ4n) is 0.555. The summed E-state index contributed by atoms with van der Waals surface area (Å²) in [5, 5.41) is 0. The lowest BCUT2D eigenvalue weighted by Crippen LogP contribution is -2.23. The molecule has 0 heterocycles. The SMILES string of the molecule is CCOC(=O)C[Si](C)(C)F. The van der Waals surface area contributed by atoms with Gasteiger partial charge in [-0.05, 0) is 20.0 Å². The molecule has 0 rings (SSSR count). The molecule has 0 amide bonds. The molecule has 0 aliphatic rings. The third-order valence-electron chi connectivity index (χ3n) is 0.870. The highest BCUT2D eigenvalue weighted by molar-refractivity contribution is 6.73. The van der Waals surface area contributed by atoms with Crippen LogP contribution in [-0.4, -0.2) is 21.0 Å². The summed E-state index contributed by atoms with van der Waals surface area (Å²) in [4.78, 5) is 10.6. The van der Waals surface area contributed by atoms with Crippen molar-refractivity contribution in [2.75, 3.05) is 6.61 Å². The van der Waals surface area contributed by atoms with Crippen LogP contribution in [0.25, 0.3) is 0 Å². The van der Waals surface area contributed by atoms with Gasteiger partial charge in [0.05, 0.1) is 12.7 Å². The van der Waals surface area contributed by atoms with E-state index in [-0.39, 0.29) is 6.04 Å². The number of carbonyl (C=O) groups is 1. The second-order valence-electron chi connectivity index (χ2n) is 2.70. The maximum Gasteiger partial charge on any atom is 0.305 e. The van der Waals surface area contributed by atoms with Gasteiger partial charge in [0, 0.05) is 0 Å².